The molecule has 1 N–H and O–H groups in total. The van der Waals surface area contributed by atoms with Crippen molar-refractivity contribution in [1.82, 2.24) is 0 Å². The third-order valence-electron chi connectivity index (χ3n) is 6.34. The smallest absolute Gasteiger partial charge is 0.0605 e. The van der Waals surface area contributed by atoms with E-state index in [4.69, 9.17) is 0 Å². The standard InChI is InChI=1S/C20H24O/c1-20(2)17-11-16(19(21)18(20)12-17)10-13-7-8-14-5-3-4-6-15(14)9-13/h3-9,16-19,21H,10-12H2,1-2H3/t16-,17-,18-,19+/m0/s1. The Bertz CT molecular complexity index is 672. The molecule has 0 heterocycles. The Hall–Kier alpha value is -1.34. The summed E-state index contributed by atoms with van der Waals surface area (Å²) in [6.07, 6.45) is 3.34. The molecule has 110 valence electrons. The van der Waals surface area contributed by atoms with Crippen molar-refractivity contribution in [2.24, 2.45) is 23.2 Å². The Morgan fingerprint density at radius 3 is 2.52 bits per heavy atom. The van der Waals surface area contributed by atoms with Crippen LogP contribution in [0.1, 0.15) is 32.3 Å². The van der Waals surface area contributed by atoms with E-state index in [1.165, 1.54) is 29.2 Å². The summed E-state index contributed by atoms with van der Waals surface area (Å²) in [6.45, 7) is 4.67. The molecule has 21 heavy (non-hydrogen) atoms. The van der Waals surface area contributed by atoms with Gasteiger partial charge in [0.1, 0.15) is 0 Å². The van der Waals surface area contributed by atoms with Crippen LogP contribution in [0.3, 0.4) is 0 Å². The highest BCUT2D eigenvalue weighted by Crippen LogP contribution is 2.61. The maximum absolute atomic E-state index is 10.7. The largest absolute Gasteiger partial charge is 0.393 e. The summed E-state index contributed by atoms with van der Waals surface area (Å²) < 4.78 is 0. The number of hydrogen-bond donors (Lipinski definition) is 1. The highest BCUT2D eigenvalue weighted by molar-refractivity contribution is 5.82. The molecule has 0 amide bonds. The number of benzene rings is 2. The Morgan fingerprint density at radius 2 is 1.81 bits per heavy atom. The van der Waals surface area contributed by atoms with Gasteiger partial charge in [-0.2, -0.15) is 0 Å². The first-order valence-electron chi connectivity index (χ1n) is 8.21. The Morgan fingerprint density at radius 1 is 1.05 bits per heavy atom. The highest BCUT2D eigenvalue weighted by atomic mass is 16.3. The van der Waals surface area contributed by atoms with E-state index in [9.17, 15) is 5.11 Å². The lowest BCUT2D eigenvalue weighted by atomic mass is 9.45. The van der Waals surface area contributed by atoms with Crippen LogP contribution in [-0.2, 0) is 6.42 Å². The third-order valence-corrected chi connectivity index (χ3v) is 6.34. The molecule has 2 aromatic carbocycles. The van der Waals surface area contributed by atoms with E-state index in [-0.39, 0.29) is 6.10 Å². The van der Waals surface area contributed by atoms with Gasteiger partial charge in [-0.1, -0.05) is 56.3 Å². The monoisotopic (exact) mass is 280 g/mol. The predicted octanol–water partition coefficient (Wildman–Crippen LogP) is 4.43. The second-order valence-electron chi connectivity index (χ2n) is 7.73. The van der Waals surface area contributed by atoms with Crippen molar-refractivity contribution in [3.05, 3.63) is 48.0 Å². The lowest BCUT2D eigenvalue weighted by Crippen LogP contribution is -2.58. The van der Waals surface area contributed by atoms with E-state index in [0.717, 1.165) is 12.3 Å². The molecule has 3 aliphatic carbocycles. The second kappa shape index (κ2) is 4.58. The van der Waals surface area contributed by atoms with Crippen molar-refractivity contribution in [2.75, 3.05) is 0 Å². The van der Waals surface area contributed by atoms with Gasteiger partial charge >= 0.3 is 0 Å². The van der Waals surface area contributed by atoms with Gasteiger partial charge < -0.3 is 5.11 Å². The zero-order valence-electron chi connectivity index (χ0n) is 12.9. The van der Waals surface area contributed by atoms with E-state index >= 15 is 0 Å². The molecule has 0 spiro atoms. The molecule has 4 atom stereocenters. The summed E-state index contributed by atoms with van der Waals surface area (Å²) >= 11 is 0. The van der Waals surface area contributed by atoms with Crippen LogP contribution in [0.4, 0.5) is 0 Å². The van der Waals surface area contributed by atoms with Gasteiger partial charge in [0.05, 0.1) is 6.10 Å². The van der Waals surface area contributed by atoms with Crippen molar-refractivity contribution in [3.63, 3.8) is 0 Å². The molecule has 1 heteroatoms. The van der Waals surface area contributed by atoms with E-state index in [2.05, 4.69) is 56.3 Å². The van der Waals surface area contributed by atoms with Crippen LogP contribution in [0, 0.1) is 23.2 Å². The Labute approximate surface area is 127 Å². The molecule has 0 aromatic heterocycles. The van der Waals surface area contributed by atoms with Crippen LogP contribution in [0.2, 0.25) is 0 Å². The first-order chi connectivity index (χ1) is 10.1. The van der Waals surface area contributed by atoms with Gasteiger partial charge in [-0.3, -0.25) is 0 Å². The molecular weight excluding hydrogens is 256 g/mol. The van der Waals surface area contributed by atoms with E-state index in [1.54, 1.807) is 0 Å². The van der Waals surface area contributed by atoms with Crippen molar-refractivity contribution < 1.29 is 5.11 Å². The number of aliphatic hydroxyl groups is 1. The van der Waals surface area contributed by atoms with Crippen LogP contribution in [0.5, 0.6) is 0 Å². The minimum absolute atomic E-state index is 0.114. The fraction of sp³-hybridized carbons (Fsp3) is 0.500. The Kier molecular flexibility index (Phi) is 2.91. The summed E-state index contributed by atoms with van der Waals surface area (Å²) in [5.41, 5.74) is 1.73. The summed E-state index contributed by atoms with van der Waals surface area (Å²) in [7, 11) is 0. The first kappa shape index (κ1) is 13.3. The fourth-order valence-electron chi connectivity index (χ4n) is 4.74. The van der Waals surface area contributed by atoms with Crippen molar-refractivity contribution in [2.45, 2.75) is 39.2 Å². The molecule has 3 aliphatic rings. The van der Waals surface area contributed by atoms with Crippen LogP contribution < -0.4 is 0 Å². The summed E-state index contributed by atoms with van der Waals surface area (Å²) in [4.78, 5) is 0. The molecule has 3 fully saturated rings. The summed E-state index contributed by atoms with van der Waals surface area (Å²) in [6, 6.07) is 15.3. The van der Waals surface area contributed by atoms with Gasteiger partial charge in [-0.15, -0.1) is 0 Å². The topological polar surface area (TPSA) is 20.2 Å². The van der Waals surface area contributed by atoms with Gasteiger partial charge in [0.2, 0.25) is 0 Å². The highest BCUT2D eigenvalue weighted by Gasteiger charge is 2.57. The number of rotatable bonds is 2. The first-order valence-corrected chi connectivity index (χ1v) is 8.21. The van der Waals surface area contributed by atoms with E-state index in [1.807, 2.05) is 0 Å². The molecule has 5 rings (SSSR count). The van der Waals surface area contributed by atoms with Crippen LogP contribution >= 0.6 is 0 Å². The molecule has 2 bridgehead atoms. The maximum atomic E-state index is 10.7. The van der Waals surface area contributed by atoms with Gasteiger partial charge in [0, 0.05) is 0 Å². The average Bonchev–Trinajstić information content (AvgIpc) is 2.48. The van der Waals surface area contributed by atoms with Crippen LogP contribution in [-0.4, -0.2) is 11.2 Å². The predicted molar refractivity (Wildman–Crippen MR) is 87.1 cm³/mol. The van der Waals surface area contributed by atoms with Crippen molar-refractivity contribution in [1.29, 1.82) is 0 Å². The lowest BCUT2D eigenvalue weighted by Gasteiger charge is -2.61. The SMILES string of the molecule is CC1(C)[C@H]2C[C@H](Cc3ccc4ccccc4c3)[C@@H](O)[C@@H]1C2. The molecule has 0 radical (unpaired) electrons. The van der Waals surface area contributed by atoms with Crippen molar-refractivity contribution in [3.8, 4) is 0 Å². The fourth-order valence-corrected chi connectivity index (χ4v) is 4.74. The molecule has 0 saturated heterocycles. The van der Waals surface area contributed by atoms with E-state index < -0.39 is 0 Å². The normalized spacial score (nSPS) is 33.7. The van der Waals surface area contributed by atoms with Gasteiger partial charge in [-0.25, -0.2) is 0 Å². The van der Waals surface area contributed by atoms with Gasteiger partial charge in [0.15, 0.2) is 0 Å². The van der Waals surface area contributed by atoms with Crippen LogP contribution in [0.15, 0.2) is 42.5 Å². The zero-order valence-corrected chi connectivity index (χ0v) is 12.9. The molecule has 2 aromatic rings. The van der Waals surface area contributed by atoms with Gasteiger partial charge in [-0.05, 0) is 58.8 Å². The minimum atomic E-state index is -0.114. The average molecular weight is 280 g/mol. The number of fused-ring (bicyclic) bond motifs is 3. The number of aliphatic hydroxyl groups excluding tert-OH is 1. The summed E-state index contributed by atoms with van der Waals surface area (Å²) in [5.74, 6) is 1.78. The van der Waals surface area contributed by atoms with E-state index in [0.29, 0.717) is 17.3 Å². The Balaban J connectivity index is 1.56. The van der Waals surface area contributed by atoms with Crippen LogP contribution in [0.25, 0.3) is 10.8 Å². The zero-order chi connectivity index (χ0) is 14.6. The minimum Gasteiger partial charge on any atom is -0.393 e. The quantitative estimate of drug-likeness (QED) is 0.863. The molecule has 0 aliphatic heterocycles. The summed E-state index contributed by atoms with van der Waals surface area (Å²) in [5, 5.41) is 13.3. The van der Waals surface area contributed by atoms with Crippen molar-refractivity contribution >= 4 is 10.8 Å². The third kappa shape index (κ3) is 2.02. The second-order valence-corrected chi connectivity index (χ2v) is 7.73. The molecule has 1 nitrogen and oxygen atoms in total. The molecular formula is C20H24O. The lowest BCUT2D eigenvalue weighted by molar-refractivity contribution is -0.169. The maximum Gasteiger partial charge on any atom is 0.0605 e. The molecule has 0 unspecified atom stereocenters. The number of hydrogen-bond acceptors (Lipinski definition) is 1. The molecule has 3 saturated carbocycles. The van der Waals surface area contributed by atoms with Gasteiger partial charge in [0.25, 0.3) is 0 Å².